The van der Waals surface area contributed by atoms with E-state index >= 15 is 0 Å². The highest BCUT2D eigenvalue weighted by atomic mass is 79.9. The van der Waals surface area contributed by atoms with Crippen molar-refractivity contribution in [2.75, 3.05) is 5.32 Å². The number of halogens is 2. The first-order chi connectivity index (χ1) is 9.01. The standard InChI is InChI=1S/C14H17Br2N3/c1-4-13-14(8-19(3)18-13)17-9(2)11-6-5-10(15)7-12(11)16/h5-9,17H,4H2,1-3H3. The molecule has 0 saturated carbocycles. The monoisotopic (exact) mass is 385 g/mol. The van der Waals surface area contributed by atoms with E-state index in [9.17, 15) is 0 Å². The lowest BCUT2D eigenvalue weighted by Crippen LogP contribution is -2.08. The normalized spacial score (nSPS) is 12.5. The number of nitrogens with zero attached hydrogens (tertiary/aromatic N) is 2. The lowest BCUT2D eigenvalue weighted by atomic mass is 10.1. The van der Waals surface area contributed by atoms with Crippen LogP contribution in [0.3, 0.4) is 0 Å². The lowest BCUT2D eigenvalue weighted by molar-refractivity contribution is 0.746. The Bertz CT molecular complexity index is 578. The number of hydrogen-bond acceptors (Lipinski definition) is 2. The first-order valence-corrected chi connectivity index (χ1v) is 7.84. The fourth-order valence-electron chi connectivity index (χ4n) is 2.08. The summed E-state index contributed by atoms with van der Waals surface area (Å²) in [5.74, 6) is 0. The van der Waals surface area contributed by atoms with Crippen LogP contribution in [0.15, 0.2) is 33.3 Å². The Kier molecular flexibility index (Phi) is 4.68. The summed E-state index contributed by atoms with van der Waals surface area (Å²) in [6.45, 7) is 4.27. The first-order valence-electron chi connectivity index (χ1n) is 6.25. The summed E-state index contributed by atoms with van der Waals surface area (Å²) < 4.78 is 4.03. The third kappa shape index (κ3) is 3.39. The lowest BCUT2D eigenvalue weighted by Gasteiger charge is -2.17. The molecule has 102 valence electrons. The Labute approximate surface area is 130 Å². The summed E-state index contributed by atoms with van der Waals surface area (Å²) in [5.41, 5.74) is 3.43. The molecule has 0 bridgehead atoms. The molecule has 0 amide bonds. The Balaban J connectivity index is 2.22. The van der Waals surface area contributed by atoms with Crippen molar-refractivity contribution >= 4 is 37.5 Å². The minimum Gasteiger partial charge on any atom is -0.376 e. The van der Waals surface area contributed by atoms with Crippen molar-refractivity contribution in [2.45, 2.75) is 26.3 Å². The zero-order valence-corrected chi connectivity index (χ0v) is 14.4. The number of aromatic nitrogens is 2. The molecule has 2 aromatic rings. The second-order valence-electron chi connectivity index (χ2n) is 4.55. The van der Waals surface area contributed by atoms with Gasteiger partial charge in [0.1, 0.15) is 0 Å². The van der Waals surface area contributed by atoms with E-state index in [4.69, 9.17) is 0 Å². The summed E-state index contributed by atoms with van der Waals surface area (Å²) in [6, 6.07) is 6.46. The zero-order valence-electron chi connectivity index (χ0n) is 11.2. The fraction of sp³-hybridized carbons (Fsp3) is 0.357. The summed E-state index contributed by atoms with van der Waals surface area (Å²) in [5, 5.41) is 7.98. The van der Waals surface area contributed by atoms with Crippen LogP contribution in [-0.2, 0) is 13.5 Å². The number of nitrogens with one attached hydrogen (secondary N) is 1. The molecule has 19 heavy (non-hydrogen) atoms. The van der Waals surface area contributed by atoms with Gasteiger partial charge in [0.05, 0.1) is 11.4 Å². The molecule has 3 nitrogen and oxygen atoms in total. The van der Waals surface area contributed by atoms with Crippen molar-refractivity contribution in [3.8, 4) is 0 Å². The molecular formula is C14H17Br2N3. The molecular weight excluding hydrogens is 370 g/mol. The largest absolute Gasteiger partial charge is 0.376 e. The van der Waals surface area contributed by atoms with Crippen molar-refractivity contribution in [3.05, 3.63) is 44.6 Å². The molecule has 0 aliphatic carbocycles. The molecule has 0 radical (unpaired) electrons. The van der Waals surface area contributed by atoms with Crippen molar-refractivity contribution in [1.82, 2.24) is 9.78 Å². The van der Waals surface area contributed by atoms with Crippen molar-refractivity contribution < 1.29 is 0 Å². The molecule has 0 spiro atoms. The highest BCUT2D eigenvalue weighted by molar-refractivity contribution is 9.11. The smallest absolute Gasteiger partial charge is 0.0853 e. The van der Waals surface area contributed by atoms with E-state index in [-0.39, 0.29) is 6.04 Å². The molecule has 5 heteroatoms. The van der Waals surface area contributed by atoms with Gasteiger partial charge in [-0.25, -0.2) is 0 Å². The van der Waals surface area contributed by atoms with Crippen LogP contribution in [0.4, 0.5) is 5.69 Å². The molecule has 1 aromatic heterocycles. The van der Waals surface area contributed by atoms with Crippen LogP contribution < -0.4 is 5.32 Å². The van der Waals surface area contributed by atoms with Crippen molar-refractivity contribution in [1.29, 1.82) is 0 Å². The maximum Gasteiger partial charge on any atom is 0.0853 e. The molecule has 1 unspecified atom stereocenters. The summed E-state index contributed by atoms with van der Waals surface area (Å²) in [6.07, 6.45) is 2.96. The minimum absolute atomic E-state index is 0.219. The van der Waals surface area contributed by atoms with Gasteiger partial charge in [0, 0.05) is 28.2 Å². The molecule has 0 aliphatic rings. The summed E-state index contributed by atoms with van der Waals surface area (Å²) in [4.78, 5) is 0. The molecule has 1 aromatic carbocycles. The molecule has 0 saturated heterocycles. The van der Waals surface area contributed by atoms with Gasteiger partial charge in [0.25, 0.3) is 0 Å². The Morgan fingerprint density at radius 1 is 1.37 bits per heavy atom. The topological polar surface area (TPSA) is 29.9 Å². The van der Waals surface area contributed by atoms with E-state index in [1.54, 1.807) is 0 Å². The molecule has 1 heterocycles. The second-order valence-corrected chi connectivity index (χ2v) is 6.32. The van der Waals surface area contributed by atoms with Crippen LogP contribution in [0.25, 0.3) is 0 Å². The van der Waals surface area contributed by atoms with E-state index in [2.05, 4.69) is 74.3 Å². The third-order valence-corrected chi connectivity index (χ3v) is 4.22. The molecule has 1 N–H and O–H groups in total. The minimum atomic E-state index is 0.219. The SMILES string of the molecule is CCc1nn(C)cc1NC(C)c1ccc(Br)cc1Br. The predicted molar refractivity (Wildman–Crippen MR) is 86.5 cm³/mol. The van der Waals surface area contributed by atoms with E-state index in [1.807, 2.05) is 17.9 Å². The zero-order chi connectivity index (χ0) is 14.0. The maximum atomic E-state index is 4.45. The molecule has 0 fully saturated rings. The Morgan fingerprint density at radius 2 is 2.11 bits per heavy atom. The highest BCUT2D eigenvalue weighted by Gasteiger charge is 2.13. The maximum absolute atomic E-state index is 4.45. The number of anilines is 1. The number of benzene rings is 1. The fourth-order valence-corrected chi connectivity index (χ4v) is 3.47. The van der Waals surface area contributed by atoms with Gasteiger partial charge < -0.3 is 5.32 Å². The van der Waals surface area contributed by atoms with E-state index in [0.29, 0.717) is 0 Å². The van der Waals surface area contributed by atoms with Crippen molar-refractivity contribution in [3.63, 3.8) is 0 Å². The highest BCUT2D eigenvalue weighted by Crippen LogP contribution is 2.29. The van der Waals surface area contributed by atoms with Crippen LogP contribution in [0.2, 0.25) is 0 Å². The second kappa shape index (κ2) is 6.09. The van der Waals surface area contributed by atoms with E-state index in [0.717, 1.165) is 26.7 Å². The Morgan fingerprint density at radius 3 is 2.74 bits per heavy atom. The van der Waals surface area contributed by atoms with Gasteiger partial charge in [-0.3, -0.25) is 4.68 Å². The number of hydrogen-bond donors (Lipinski definition) is 1. The van der Waals surface area contributed by atoms with Crippen LogP contribution in [-0.4, -0.2) is 9.78 Å². The van der Waals surface area contributed by atoms with Crippen LogP contribution in [0, 0.1) is 0 Å². The average Bonchev–Trinajstić information content (AvgIpc) is 2.69. The van der Waals surface area contributed by atoms with E-state index < -0.39 is 0 Å². The van der Waals surface area contributed by atoms with Crippen molar-refractivity contribution in [2.24, 2.45) is 7.05 Å². The van der Waals surface area contributed by atoms with Crippen LogP contribution >= 0.6 is 31.9 Å². The quantitative estimate of drug-likeness (QED) is 0.826. The van der Waals surface area contributed by atoms with Gasteiger partial charge in [-0.2, -0.15) is 5.10 Å². The van der Waals surface area contributed by atoms with Crippen LogP contribution in [0.5, 0.6) is 0 Å². The van der Waals surface area contributed by atoms with Crippen LogP contribution in [0.1, 0.15) is 31.1 Å². The molecule has 2 rings (SSSR count). The van der Waals surface area contributed by atoms with Gasteiger partial charge in [0.15, 0.2) is 0 Å². The van der Waals surface area contributed by atoms with Gasteiger partial charge in [0.2, 0.25) is 0 Å². The molecule has 0 aliphatic heterocycles. The van der Waals surface area contributed by atoms with Gasteiger partial charge in [-0.15, -0.1) is 0 Å². The van der Waals surface area contributed by atoms with Gasteiger partial charge in [-0.05, 0) is 31.0 Å². The summed E-state index contributed by atoms with van der Waals surface area (Å²) >= 11 is 7.09. The predicted octanol–water partition coefficient (Wildman–Crippen LogP) is 4.68. The first kappa shape index (κ1) is 14.6. The Hall–Kier alpha value is -0.810. The number of rotatable bonds is 4. The van der Waals surface area contributed by atoms with Gasteiger partial charge in [-0.1, -0.05) is 44.8 Å². The molecule has 1 atom stereocenters. The van der Waals surface area contributed by atoms with Gasteiger partial charge >= 0.3 is 0 Å². The average molecular weight is 387 g/mol. The van der Waals surface area contributed by atoms with E-state index in [1.165, 1.54) is 5.56 Å². The summed E-state index contributed by atoms with van der Waals surface area (Å²) in [7, 11) is 1.95. The third-order valence-electron chi connectivity index (χ3n) is 3.04. The number of aryl methyl sites for hydroxylation is 2.